The molecule has 1 aliphatic rings. The summed E-state index contributed by atoms with van der Waals surface area (Å²) in [6.45, 7) is 3.03. The maximum Gasteiger partial charge on any atom is 0.253 e. The van der Waals surface area contributed by atoms with Crippen LogP contribution >= 0.6 is 0 Å². The molecule has 2 aromatic carbocycles. The van der Waals surface area contributed by atoms with E-state index in [2.05, 4.69) is 10.1 Å². The Hall–Kier alpha value is -3.22. The first kappa shape index (κ1) is 18.2. The fraction of sp³-hybridized carbons (Fsp3) is 0.286. The van der Waals surface area contributed by atoms with Crippen LogP contribution < -0.4 is 4.74 Å². The average molecular weight is 381 g/mol. The van der Waals surface area contributed by atoms with Crippen molar-refractivity contribution in [2.24, 2.45) is 5.92 Å². The number of carbonyl (C=O) groups is 1. The van der Waals surface area contributed by atoms with Crippen molar-refractivity contribution in [3.05, 3.63) is 65.8 Å². The van der Waals surface area contributed by atoms with Crippen LogP contribution in [0, 0.1) is 11.7 Å². The number of nitrogens with zero attached hydrogens (tertiary/aromatic N) is 3. The normalized spacial score (nSPS) is 19.0. The Morgan fingerprint density at radius 1 is 1.21 bits per heavy atom. The third-order valence-electron chi connectivity index (χ3n) is 5.09. The molecule has 1 aromatic heterocycles. The number of methoxy groups -OCH3 is 1. The molecule has 0 N–H and O–H groups in total. The smallest absolute Gasteiger partial charge is 0.253 e. The molecular formula is C21H20FN3O3. The Kier molecular flexibility index (Phi) is 4.81. The fourth-order valence-corrected chi connectivity index (χ4v) is 3.53. The molecule has 0 spiro atoms. The number of hydrogen-bond acceptors (Lipinski definition) is 5. The van der Waals surface area contributed by atoms with Crippen LogP contribution in [0.4, 0.5) is 4.39 Å². The number of benzene rings is 2. The monoisotopic (exact) mass is 381 g/mol. The Labute approximate surface area is 161 Å². The minimum atomic E-state index is -0.554. The van der Waals surface area contributed by atoms with Crippen molar-refractivity contribution in [3.8, 4) is 17.1 Å². The Morgan fingerprint density at radius 2 is 2.00 bits per heavy atom. The van der Waals surface area contributed by atoms with Gasteiger partial charge in [-0.2, -0.15) is 4.98 Å². The number of rotatable bonds is 4. The first-order chi connectivity index (χ1) is 13.6. The highest BCUT2D eigenvalue weighted by Crippen LogP contribution is 2.33. The number of likely N-dealkylation sites (tertiary alicyclic amines) is 1. The van der Waals surface area contributed by atoms with E-state index in [-0.39, 0.29) is 23.5 Å². The van der Waals surface area contributed by atoms with Gasteiger partial charge in [0, 0.05) is 24.2 Å². The van der Waals surface area contributed by atoms with Crippen LogP contribution in [0.1, 0.15) is 29.1 Å². The van der Waals surface area contributed by atoms with Gasteiger partial charge in [0.05, 0.1) is 13.0 Å². The van der Waals surface area contributed by atoms with Crippen LogP contribution in [0.15, 0.2) is 53.1 Å². The summed E-state index contributed by atoms with van der Waals surface area (Å²) in [7, 11) is 1.39. The van der Waals surface area contributed by atoms with Crippen molar-refractivity contribution in [1.82, 2.24) is 15.0 Å². The van der Waals surface area contributed by atoms with Crippen molar-refractivity contribution in [1.29, 1.82) is 0 Å². The molecular weight excluding hydrogens is 361 g/mol. The zero-order valence-corrected chi connectivity index (χ0v) is 15.6. The maximum absolute atomic E-state index is 14.0. The zero-order chi connectivity index (χ0) is 19.7. The van der Waals surface area contributed by atoms with Crippen LogP contribution in [-0.2, 0) is 0 Å². The molecule has 7 heteroatoms. The summed E-state index contributed by atoms with van der Waals surface area (Å²) in [5.41, 5.74) is 1.17. The van der Waals surface area contributed by atoms with Gasteiger partial charge in [-0.3, -0.25) is 4.79 Å². The highest BCUT2D eigenvalue weighted by molar-refractivity contribution is 5.94. The lowest BCUT2D eigenvalue weighted by Crippen LogP contribution is -2.29. The molecule has 0 saturated carbocycles. The molecule has 0 unspecified atom stereocenters. The van der Waals surface area contributed by atoms with Crippen molar-refractivity contribution in [3.63, 3.8) is 0 Å². The molecule has 144 valence electrons. The lowest BCUT2D eigenvalue weighted by Gasteiger charge is -2.16. The first-order valence-corrected chi connectivity index (χ1v) is 9.08. The van der Waals surface area contributed by atoms with Gasteiger partial charge in [0.15, 0.2) is 11.6 Å². The van der Waals surface area contributed by atoms with Gasteiger partial charge in [-0.05, 0) is 24.1 Å². The summed E-state index contributed by atoms with van der Waals surface area (Å²) in [5.74, 6) is 0.476. The van der Waals surface area contributed by atoms with Crippen LogP contribution in [0.3, 0.4) is 0 Å². The summed E-state index contributed by atoms with van der Waals surface area (Å²) >= 11 is 0. The minimum Gasteiger partial charge on any atom is -0.494 e. The van der Waals surface area contributed by atoms with E-state index in [1.165, 1.54) is 19.2 Å². The predicted octanol–water partition coefficient (Wildman–Crippen LogP) is 3.76. The standard InChI is InChI=1S/C21H20FN3O3/c1-13-11-25(21(26)15-8-9-18(27-2)17(22)10-15)12-16(13)20-23-19(24-28-20)14-6-4-3-5-7-14/h3-10,13,16H,11-12H2,1-2H3/t13-,16-/m0/s1. The van der Waals surface area contributed by atoms with E-state index in [1.807, 2.05) is 37.3 Å². The molecule has 0 radical (unpaired) electrons. The van der Waals surface area contributed by atoms with E-state index in [0.717, 1.165) is 5.56 Å². The van der Waals surface area contributed by atoms with Gasteiger partial charge in [0.1, 0.15) is 0 Å². The predicted molar refractivity (Wildman–Crippen MR) is 100 cm³/mol. The molecule has 1 aliphatic heterocycles. The van der Waals surface area contributed by atoms with E-state index in [1.54, 1.807) is 11.0 Å². The SMILES string of the molecule is COc1ccc(C(=O)N2C[C@H](c3nc(-c4ccccc4)no3)[C@@H](C)C2)cc1F. The lowest BCUT2D eigenvalue weighted by molar-refractivity contribution is 0.0785. The van der Waals surface area contributed by atoms with Gasteiger partial charge < -0.3 is 14.2 Å². The molecule has 1 fully saturated rings. The average Bonchev–Trinajstić information content (AvgIpc) is 3.35. The summed E-state index contributed by atoms with van der Waals surface area (Å²) in [4.78, 5) is 19.0. The third kappa shape index (κ3) is 3.35. The van der Waals surface area contributed by atoms with Crippen LogP contribution in [0.2, 0.25) is 0 Å². The highest BCUT2D eigenvalue weighted by atomic mass is 19.1. The third-order valence-corrected chi connectivity index (χ3v) is 5.09. The second-order valence-corrected chi connectivity index (χ2v) is 6.97. The van der Waals surface area contributed by atoms with Crippen molar-refractivity contribution < 1.29 is 18.4 Å². The van der Waals surface area contributed by atoms with E-state index in [9.17, 15) is 9.18 Å². The van der Waals surface area contributed by atoms with Gasteiger partial charge in [0.25, 0.3) is 5.91 Å². The molecule has 1 saturated heterocycles. The van der Waals surface area contributed by atoms with E-state index in [4.69, 9.17) is 9.26 Å². The first-order valence-electron chi connectivity index (χ1n) is 9.08. The van der Waals surface area contributed by atoms with E-state index >= 15 is 0 Å². The van der Waals surface area contributed by atoms with Gasteiger partial charge in [-0.15, -0.1) is 0 Å². The van der Waals surface area contributed by atoms with Crippen LogP contribution in [0.5, 0.6) is 5.75 Å². The van der Waals surface area contributed by atoms with Crippen molar-refractivity contribution in [2.45, 2.75) is 12.8 Å². The highest BCUT2D eigenvalue weighted by Gasteiger charge is 2.37. The summed E-state index contributed by atoms with van der Waals surface area (Å²) in [5, 5.41) is 4.07. The molecule has 6 nitrogen and oxygen atoms in total. The molecule has 0 aliphatic carbocycles. The van der Waals surface area contributed by atoms with E-state index < -0.39 is 5.82 Å². The van der Waals surface area contributed by atoms with Gasteiger partial charge in [0.2, 0.25) is 11.7 Å². The number of halogens is 1. The molecule has 4 rings (SSSR count). The van der Waals surface area contributed by atoms with Gasteiger partial charge in [-0.1, -0.05) is 42.4 Å². The van der Waals surface area contributed by atoms with Crippen molar-refractivity contribution in [2.75, 3.05) is 20.2 Å². The van der Waals surface area contributed by atoms with Gasteiger partial charge in [-0.25, -0.2) is 4.39 Å². The van der Waals surface area contributed by atoms with Gasteiger partial charge >= 0.3 is 0 Å². The zero-order valence-electron chi connectivity index (χ0n) is 15.6. The molecule has 0 bridgehead atoms. The Bertz CT molecular complexity index is 990. The van der Waals surface area contributed by atoms with Crippen molar-refractivity contribution >= 4 is 5.91 Å². The fourth-order valence-electron chi connectivity index (χ4n) is 3.53. The maximum atomic E-state index is 14.0. The van der Waals surface area contributed by atoms with Crippen LogP contribution in [-0.4, -0.2) is 41.1 Å². The molecule has 1 amide bonds. The van der Waals surface area contributed by atoms with E-state index in [0.29, 0.717) is 30.4 Å². The molecule has 28 heavy (non-hydrogen) atoms. The summed E-state index contributed by atoms with van der Waals surface area (Å²) in [6, 6.07) is 13.8. The largest absolute Gasteiger partial charge is 0.494 e. The number of aromatic nitrogens is 2. The molecule has 2 heterocycles. The quantitative estimate of drug-likeness (QED) is 0.688. The minimum absolute atomic E-state index is 0.0583. The number of hydrogen-bond donors (Lipinski definition) is 0. The molecule has 3 aromatic rings. The Morgan fingerprint density at radius 3 is 2.71 bits per heavy atom. The Balaban J connectivity index is 1.51. The number of carbonyl (C=O) groups excluding carboxylic acids is 1. The molecule has 2 atom stereocenters. The second-order valence-electron chi connectivity index (χ2n) is 6.97. The van der Waals surface area contributed by atoms with Crippen LogP contribution in [0.25, 0.3) is 11.4 Å². The summed E-state index contributed by atoms with van der Waals surface area (Å²) in [6.07, 6.45) is 0. The summed E-state index contributed by atoms with van der Waals surface area (Å²) < 4.78 is 24.3. The number of amides is 1. The topological polar surface area (TPSA) is 68.5 Å². The second kappa shape index (κ2) is 7.42. The lowest BCUT2D eigenvalue weighted by atomic mass is 9.98. The number of ether oxygens (including phenoxy) is 1.